The zero-order valence-corrected chi connectivity index (χ0v) is 11.8. The molecule has 1 N–H and O–H groups in total. The van der Waals surface area contributed by atoms with Gasteiger partial charge in [0.2, 0.25) is 0 Å². The number of carboxylic acids is 1. The summed E-state index contributed by atoms with van der Waals surface area (Å²) >= 11 is 0. The van der Waals surface area contributed by atoms with Crippen molar-refractivity contribution in [1.29, 1.82) is 0 Å². The maximum atomic E-state index is 11.1. The predicted octanol–water partition coefficient (Wildman–Crippen LogP) is 2.49. The Bertz CT molecular complexity index is 671. The van der Waals surface area contributed by atoms with Crippen LogP contribution in [0, 0.1) is 13.8 Å². The molecule has 6 heteroatoms. The molecule has 2 heterocycles. The van der Waals surface area contributed by atoms with Crippen LogP contribution in [0.5, 0.6) is 0 Å². The summed E-state index contributed by atoms with van der Waals surface area (Å²) in [4.78, 5) is 11.1. The number of fused-ring (bicyclic) bond motifs is 1. The molecule has 2 aromatic heterocycles. The summed E-state index contributed by atoms with van der Waals surface area (Å²) < 4.78 is 1.63. The van der Waals surface area contributed by atoms with Gasteiger partial charge >= 0.3 is 5.97 Å². The second-order valence-corrected chi connectivity index (χ2v) is 5.51. The highest BCUT2D eigenvalue weighted by atomic mass is 16.4. The number of aromatic carboxylic acids is 1. The van der Waals surface area contributed by atoms with E-state index in [0.717, 1.165) is 29.7 Å². The predicted molar refractivity (Wildman–Crippen MR) is 73.0 cm³/mol. The molecule has 2 aromatic rings. The fourth-order valence-electron chi connectivity index (χ4n) is 3.19. The zero-order valence-electron chi connectivity index (χ0n) is 11.8. The summed E-state index contributed by atoms with van der Waals surface area (Å²) in [7, 11) is 0. The first-order valence-electron chi connectivity index (χ1n) is 7.05. The number of hydrogen-bond acceptors (Lipinski definition) is 4. The van der Waals surface area contributed by atoms with Gasteiger partial charge in [0, 0.05) is 5.56 Å². The van der Waals surface area contributed by atoms with E-state index in [1.54, 1.807) is 11.4 Å². The van der Waals surface area contributed by atoms with E-state index in [4.69, 9.17) is 5.11 Å². The second-order valence-electron chi connectivity index (χ2n) is 5.51. The Hall–Kier alpha value is -1.98. The molecule has 0 aliphatic heterocycles. The van der Waals surface area contributed by atoms with Gasteiger partial charge in [0.25, 0.3) is 0 Å². The van der Waals surface area contributed by atoms with Gasteiger partial charge in [-0.25, -0.2) is 9.31 Å². The van der Waals surface area contributed by atoms with Crippen molar-refractivity contribution >= 4 is 11.6 Å². The lowest BCUT2D eigenvalue weighted by Crippen LogP contribution is -2.12. The molecule has 0 spiro atoms. The molecule has 3 rings (SSSR count). The quantitative estimate of drug-likeness (QED) is 0.910. The fraction of sp³-hybridized carbons (Fsp3) is 0.571. The number of nitrogens with zero attached hydrogens (tertiary/aromatic N) is 4. The average Bonchev–Trinajstić information content (AvgIpc) is 2.77. The van der Waals surface area contributed by atoms with Crippen molar-refractivity contribution in [1.82, 2.24) is 19.8 Å². The Morgan fingerprint density at radius 2 is 1.90 bits per heavy atom. The van der Waals surface area contributed by atoms with Crippen LogP contribution < -0.4 is 0 Å². The lowest BCUT2D eigenvalue weighted by atomic mass is 9.84. The molecule has 0 unspecified atom stereocenters. The molecule has 0 atom stereocenters. The molecule has 0 amide bonds. The topological polar surface area (TPSA) is 80.4 Å². The molecule has 1 aliphatic rings. The summed E-state index contributed by atoms with van der Waals surface area (Å²) in [5, 5.41) is 21.6. The minimum absolute atomic E-state index is 0.0322. The lowest BCUT2D eigenvalue weighted by Gasteiger charge is -2.21. The number of carboxylic acid groups (broad SMARTS) is 1. The average molecular weight is 274 g/mol. The van der Waals surface area contributed by atoms with Crippen LogP contribution >= 0.6 is 0 Å². The minimum atomic E-state index is -1.07. The van der Waals surface area contributed by atoms with E-state index < -0.39 is 5.97 Å². The van der Waals surface area contributed by atoms with E-state index in [-0.39, 0.29) is 5.69 Å². The van der Waals surface area contributed by atoms with E-state index in [1.165, 1.54) is 19.3 Å². The Labute approximate surface area is 116 Å². The minimum Gasteiger partial charge on any atom is -0.476 e. The molecule has 1 fully saturated rings. The van der Waals surface area contributed by atoms with Gasteiger partial charge in [0.15, 0.2) is 11.3 Å². The third-order valence-corrected chi connectivity index (χ3v) is 4.20. The SMILES string of the molecule is Cc1nn2c(C)c(C(=O)O)nnc2c1C1CCCCC1. The second kappa shape index (κ2) is 4.85. The molecule has 0 bridgehead atoms. The van der Waals surface area contributed by atoms with Crippen LogP contribution in [0.15, 0.2) is 0 Å². The fourth-order valence-corrected chi connectivity index (χ4v) is 3.19. The van der Waals surface area contributed by atoms with E-state index in [2.05, 4.69) is 15.3 Å². The number of carbonyl (C=O) groups is 1. The molecule has 0 saturated heterocycles. The van der Waals surface area contributed by atoms with Crippen LogP contribution in [-0.4, -0.2) is 30.9 Å². The van der Waals surface area contributed by atoms with Gasteiger partial charge in [0.1, 0.15) is 0 Å². The zero-order chi connectivity index (χ0) is 14.3. The van der Waals surface area contributed by atoms with Gasteiger partial charge in [-0.15, -0.1) is 10.2 Å². The van der Waals surface area contributed by atoms with Crippen LogP contribution in [-0.2, 0) is 0 Å². The standard InChI is InChI=1S/C14H18N4O2/c1-8-11(10-6-4-3-5-7-10)13-16-15-12(14(19)20)9(2)18(13)17-8/h10H,3-7H2,1-2H3,(H,19,20). The highest BCUT2D eigenvalue weighted by Gasteiger charge is 2.25. The van der Waals surface area contributed by atoms with Gasteiger partial charge in [-0.1, -0.05) is 19.3 Å². The first-order chi connectivity index (χ1) is 9.59. The summed E-state index contributed by atoms with van der Waals surface area (Å²) in [6.45, 7) is 3.70. The van der Waals surface area contributed by atoms with Gasteiger partial charge in [-0.05, 0) is 32.6 Å². The summed E-state index contributed by atoms with van der Waals surface area (Å²) in [6.07, 6.45) is 6.08. The number of hydrogen-bond donors (Lipinski definition) is 1. The molecular weight excluding hydrogens is 256 g/mol. The van der Waals surface area contributed by atoms with E-state index >= 15 is 0 Å². The van der Waals surface area contributed by atoms with Crippen molar-refractivity contribution in [3.8, 4) is 0 Å². The Balaban J connectivity index is 2.16. The van der Waals surface area contributed by atoms with Crippen LogP contribution in [0.4, 0.5) is 0 Å². The van der Waals surface area contributed by atoms with Crippen molar-refractivity contribution in [3.05, 3.63) is 22.6 Å². The summed E-state index contributed by atoms with van der Waals surface area (Å²) in [6, 6.07) is 0. The van der Waals surface area contributed by atoms with Crippen molar-refractivity contribution in [2.75, 3.05) is 0 Å². The first kappa shape index (κ1) is 13.0. The van der Waals surface area contributed by atoms with Gasteiger partial charge < -0.3 is 5.11 Å². The van der Waals surface area contributed by atoms with Crippen molar-refractivity contribution in [3.63, 3.8) is 0 Å². The number of aryl methyl sites for hydroxylation is 2. The van der Waals surface area contributed by atoms with Gasteiger partial charge in [-0.3, -0.25) is 0 Å². The van der Waals surface area contributed by atoms with Crippen molar-refractivity contribution in [2.24, 2.45) is 0 Å². The Morgan fingerprint density at radius 3 is 2.55 bits per heavy atom. The Kier molecular flexibility index (Phi) is 3.16. The van der Waals surface area contributed by atoms with E-state index in [0.29, 0.717) is 11.6 Å². The summed E-state index contributed by atoms with van der Waals surface area (Å²) in [5.74, 6) is -0.588. The third-order valence-electron chi connectivity index (χ3n) is 4.20. The molecule has 6 nitrogen and oxygen atoms in total. The molecular formula is C14H18N4O2. The largest absolute Gasteiger partial charge is 0.476 e. The van der Waals surface area contributed by atoms with Gasteiger partial charge in [0.05, 0.1) is 11.4 Å². The van der Waals surface area contributed by atoms with Crippen molar-refractivity contribution < 1.29 is 9.90 Å². The molecule has 0 radical (unpaired) electrons. The molecule has 1 saturated carbocycles. The number of rotatable bonds is 2. The smallest absolute Gasteiger partial charge is 0.358 e. The normalized spacial score (nSPS) is 16.7. The molecule has 106 valence electrons. The summed E-state index contributed by atoms with van der Waals surface area (Å²) in [5.41, 5.74) is 3.31. The van der Waals surface area contributed by atoms with Gasteiger partial charge in [-0.2, -0.15) is 5.10 Å². The Morgan fingerprint density at radius 1 is 1.20 bits per heavy atom. The van der Waals surface area contributed by atoms with Crippen LogP contribution in [0.2, 0.25) is 0 Å². The van der Waals surface area contributed by atoms with Crippen LogP contribution in [0.1, 0.15) is 65.5 Å². The third kappa shape index (κ3) is 1.95. The van der Waals surface area contributed by atoms with Crippen LogP contribution in [0.3, 0.4) is 0 Å². The molecule has 20 heavy (non-hydrogen) atoms. The highest BCUT2D eigenvalue weighted by molar-refractivity contribution is 5.86. The lowest BCUT2D eigenvalue weighted by molar-refractivity contribution is 0.0687. The maximum absolute atomic E-state index is 11.1. The highest BCUT2D eigenvalue weighted by Crippen LogP contribution is 2.36. The number of aromatic nitrogens is 4. The van der Waals surface area contributed by atoms with E-state index in [9.17, 15) is 4.79 Å². The van der Waals surface area contributed by atoms with Crippen molar-refractivity contribution in [2.45, 2.75) is 51.9 Å². The van der Waals surface area contributed by atoms with Crippen LogP contribution in [0.25, 0.3) is 5.65 Å². The molecule has 1 aliphatic carbocycles. The first-order valence-corrected chi connectivity index (χ1v) is 7.05. The van der Waals surface area contributed by atoms with E-state index in [1.807, 2.05) is 6.92 Å². The molecule has 0 aromatic carbocycles. The maximum Gasteiger partial charge on any atom is 0.358 e. The monoisotopic (exact) mass is 274 g/mol.